The molecule has 0 saturated carbocycles. The number of rotatable bonds is 7. The molecule has 0 atom stereocenters. The Morgan fingerprint density at radius 2 is 1.92 bits per heavy atom. The number of halogens is 1. The van der Waals surface area contributed by atoms with Crippen molar-refractivity contribution in [1.82, 2.24) is 5.32 Å². The maximum Gasteiger partial charge on any atom is 0.290 e. The molecular formula is C26H19FN2O5S2. The summed E-state index contributed by atoms with van der Waals surface area (Å²) < 4.78 is 25.5. The number of carbonyl (C=O) groups is 2. The molecule has 0 aliphatic carbocycles. The normalized spacial score (nSPS) is 14.7. The Morgan fingerprint density at radius 1 is 1.11 bits per heavy atom. The molecule has 36 heavy (non-hydrogen) atoms. The van der Waals surface area contributed by atoms with Crippen molar-refractivity contribution in [3.8, 4) is 16.4 Å². The summed E-state index contributed by atoms with van der Waals surface area (Å²) in [5.74, 6) is -0.560. The number of imide groups is 1. The van der Waals surface area contributed by atoms with Gasteiger partial charge in [-0.2, -0.15) is 0 Å². The van der Waals surface area contributed by atoms with Crippen LogP contribution in [0.5, 0.6) is 5.75 Å². The van der Waals surface area contributed by atoms with Gasteiger partial charge >= 0.3 is 0 Å². The summed E-state index contributed by atoms with van der Waals surface area (Å²) in [6.07, 6.45) is 0. The van der Waals surface area contributed by atoms with Gasteiger partial charge < -0.3 is 14.5 Å². The fourth-order valence-electron chi connectivity index (χ4n) is 3.73. The van der Waals surface area contributed by atoms with Gasteiger partial charge in [0.15, 0.2) is 5.76 Å². The second kappa shape index (κ2) is 10.00. The molecule has 4 aromatic rings. The first kappa shape index (κ1) is 23.8. The minimum atomic E-state index is -0.528. The highest BCUT2D eigenvalue weighted by atomic mass is 32.2. The predicted molar refractivity (Wildman–Crippen MR) is 140 cm³/mol. The summed E-state index contributed by atoms with van der Waals surface area (Å²) in [6, 6.07) is 14.9. The summed E-state index contributed by atoms with van der Waals surface area (Å²) in [5.41, 5.74) is 2.22. The second-order valence-corrected chi connectivity index (χ2v) is 9.79. The molecule has 3 heterocycles. The molecule has 0 radical (unpaired) electrons. The number of benzene rings is 2. The van der Waals surface area contributed by atoms with Crippen LogP contribution in [0.3, 0.4) is 0 Å². The smallest absolute Gasteiger partial charge is 0.290 e. The number of hydrogen-bond donors (Lipinski definition) is 2. The van der Waals surface area contributed by atoms with Crippen LogP contribution in [0, 0.1) is 5.82 Å². The van der Waals surface area contributed by atoms with E-state index in [1.807, 2.05) is 41.8 Å². The molecule has 2 N–H and O–H groups in total. The number of carbonyl (C=O) groups excluding carboxylic acids is 2. The average molecular weight is 523 g/mol. The van der Waals surface area contributed by atoms with E-state index in [0.29, 0.717) is 22.8 Å². The van der Waals surface area contributed by atoms with Gasteiger partial charge in [-0.1, -0.05) is 18.2 Å². The summed E-state index contributed by atoms with van der Waals surface area (Å²) in [6.45, 7) is 2.34. The van der Waals surface area contributed by atoms with E-state index in [4.69, 9.17) is 9.15 Å². The molecule has 2 amide bonds. The number of thioether (sulfide) groups is 1. The average Bonchev–Trinajstić information content (AvgIpc) is 3.52. The molecule has 2 aromatic carbocycles. The summed E-state index contributed by atoms with van der Waals surface area (Å²) >= 11 is 2.30. The minimum absolute atomic E-state index is 0.0387. The van der Waals surface area contributed by atoms with Crippen molar-refractivity contribution in [3.05, 3.63) is 86.5 Å². The molecule has 1 aliphatic rings. The van der Waals surface area contributed by atoms with Crippen LogP contribution in [0.4, 0.5) is 14.9 Å². The summed E-state index contributed by atoms with van der Waals surface area (Å²) in [4.78, 5) is 37.5. The van der Waals surface area contributed by atoms with Gasteiger partial charge in [-0.25, -0.2) is 4.39 Å². The van der Waals surface area contributed by atoms with E-state index < -0.39 is 11.2 Å². The quantitative estimate of drug-likeness (QED) is 0.232. The third kappa shape index (κ3) is 4.77. The monoisotopic (exact) mass is 522 g/mol. The highest BCUT2D eigenvalue weighted by molar-refractivity contribution is 8.18. The first-order valence-corrected chi connectivity index (χ1v) is 12.6. The van der Waals surface area contributed by atoms with E-state index >= 15 is 0 Å². The van der Waals surface area contributed by atoms with Gasteiger partial charge in [-0.05, 0) is 71.6 Å². The fourth-order valence-corrected chi connectivity index (χ4v) is 5.18. The molecule has 0 spiro atoms. The number of amides is 2. The molecule has 10 heteroatoms. The maximum absolute atomic E-state index is 13.8. The Bertz CT molecular complexity index is 1560. The number of nitrogens with one attached hydrogen (secondary N) is 2. The second-order valence-electron chi connectivity index (χ2n) is 7.86. The zero-order valence-corrected chi connectivity index (χ0v) is 20.6. The summed E-state index contributed by atoms with van der Waals surface area (Å²) in [5, 5.41) is 7.09. The Labute approximate surface area is 213 Å². The highest BCUT2D eigenvalue weighted by Gasteiger charge is 2.27. The molecule has 182 valence electrons. The molecule has 2 aromatic heterocycles. The van der Waals surface area contributed by atoms with Crippen molar-refractivity contribution in [2.24, 2.45) is 0 Å². The zero-order chi connectivity index (χ0) is 25.2. The number of anilines is 1. The molecule has 5 rings (SSSR count). The van der Waals surface area contributed by atoms with E-state index in [1.165, 1.54) is 23.5 Å². The molecule has 1 aliphatic heterocycles. The Hall–Kier alpha value is -3.89. The number of hydrogen-bond acceptors (Lipinski definition) is 8. The molecule has 7 nitrogen and oxygen atoms in total. The molecule has 0 unspecified atom stereocenters. The first-order chi connectivity index (χ1) is 17.4. The lowest BCUT2D eigenvalue weighted by atomic mass is 10.1. The van der Waals surface area contributed by atoms with Crippen molar-refractivity contribution in [2.45, 2.75) is 6.92 Å². The minimum Gasteiger partial charge on any atom is -0.484 e. The topological polar surface area (TPSA) is 97.6 Å². The lowest BCUT2D eigenvalue weighted by Gasteiger charge is -2.12. The molecule has 1 fully saturated rings. The standard InChI is InChI=1S/C26H19FN2O5S2/c1-14(24-25(31)29-26(32)36-24)15-4-7-17(8-5-15)28-10-11-33-23-21(30)18-13-16(27)6-9-19(18)34-22(23)20-3-2-12-35-20/h2-9,12-13,28H,10-11H2,1H3,(H,29,31,32)/b24-14-. The van der Waals surface area contributed by atoms with Crippen molar-refractivity contribution in [1.29, 1.82) is 0 Å². The zero-order valence-electron chi connectivity index (χ0n) is 18.9. The van der Waals surface area contributed by atoms with Crippen LogP contribution < -0.4 is 20.8 Å². The van der Waals surface area contributed by atoms with Gasteiger partial charge in [-0.3, -0.25) is 19.7 Å². The maximum atomic E-state index is 13.8. The van der Waals surface area contributed by atoms with Crippen LogP contribution in [0.2, 0.25) is 0 Å². The van der Waals surface area contributed by atoms with Gasteiger partial charge in [0.1, 0.15) is 18.0 Å². The Morgan fingerprint density at radius 3 is 2.61 bits per heavy atom. The van der Waals surface area contributed by atoms with Crippen molar-refractivity contribution < 1.29 is 23.1 Å². The van der Waals surface area contributed by atoms with Gasteiger partial charge in [0.2, 0.25) is 11.2 Å². The first-order valence-electron chi connectivity index (χ1n) is 10.9. The SMILES string of the molecule is C/C(=C1/SC(=O)NC1=O)c1ccc(NCCOc2c(-c3cccs3)oc3ccc(F)cc3c2=O)cc1. The summed E-state index contributed by atoms with van der Waals surface area (Å²) in [7, 11) is 0. The Kier molecular flexibility index (Phi) is 6.62. The molecule has 1 saturated heterocycles. The number of allylic oxidation sites excluding steroid dienone is 1. The number of thiophene rings is 1. The number of fused-ring (bicyclic) bond motifs is 1. The van der Waals surface area contributed by atoms with E-state index in [-0.39, 0.29) is 28.9 Å². The Balaban J connectivity index is 1.29. The molecular weight excluding hydrogens is 503 g/mol. The third-order valence-corrected chi connectivity index (χ3v) is 7.36. The van der Waals surface area contributed by atoms with Crippen LogP contribution in [0.15, 0.2) is 74.1 Å². The van der Waals surface area contributed by atoms with E-state index in [9.17, 15) is 18.8 Å². The van der Waals surface area contributed by atoms with E-state index in [2.05, 4.69) is 10.6 Å². The van der Waals surface area contributed by atoms with E-state index in [0.717, 1.165) is 39.5 Å². The van der Waals surface area contributed by atoms with Crippen LogP contribution in [-0.4, -0.2) is 24.3 Å². The van der Waals surface area contributed by atoms with E-state index in [1.54, 1.807) is 6.92 Å². The van der Waals surface area contributed by atoms with Crippen LogP contribution in [0.1, 0.15) is 12.5 Å². The molecule has 0 bridgehead atoms. The lowest BCUT2D eigenvalue weighted by Crippen LogP contribution is -2.18. The van der Waals surface area contributed by atoms with Gasteiger partial charge in [0, 0.05) is 12.2 Å². The van der Waals surface area contributed by atoms with Crippen molar-refractivity contribution in [3.63, 3.8) is 0 Å². The third-order valence-electron chi connectivity index (χ3n) is 5.51. The van der Waals surface area contributed by atoms with Crippen LogP contribution in [0.25, 0.3) is 27.2 Å². The van der Waals surface area contributed by atoms with Crippen LogP contribution >= 0.6 is 23.1 Å². The highest BCUT2D eigenvalue weighted by Crippen LogP contribution is 2.34. The lowest BCUT2D eigenvalue weighted by molar-refractivity contribution is -0.115. The van der Waals surface area contributed by atoms with Gasteiger partial charge in [-0.15, -0.1) is 11.3 Å². The van der Waals surface area contributed by atoms with Crippen molar-refractivity contribution in [2.75, 3.05) is 18.5 Å². The fraction of sp³-hybridized carbons (Fsp3) is 0.115. The van der Waals surface area contributed by atoms with Gasteiger partial charge in [0.25, 0.3) is 11.1 Å². The largest absolute Gasteiger partial charge is 0.484 e. The number of ether oxygens (including phenoxy) is 1. The van der Waals surface area contributed by atoms with Gasteiger partial charge in [0.05, 0.1) is 15.2 Å². The van der Waals surface area contributed by atoms with Crippen LogP contribution in [-0.2, 0) is 4.79 Å². The predicted octanol–water partition coefficient (Wildman–Crippen LogP) is 5.87. The van der Waals surface area contributed by atoms with Crippen molar-refractivity contribution >= 4 is 56.5 Å².